The predicted octanol–water partition coefficient (Wildman–Crippen LogP) is 7.26. The van der Waals surface area contributed by atoms with E-state index in [1.165, 1.54) is 31.8 Å². The standard InChI is InChI=1S/C36H30ClNP2/c37-38(39(31-19-7-1-8-20-31,32-21-9-2-10-22-32)33-23-11-3-12-24-33)40(34-25-13-4-14-26-34,35-27-15-5-16-28-35)36-29-17-6-18-30-36/h1-30H/q+2. The molecule has 0 aliphatic rings. The summed E-state index contributed by atoms with van der Waals surface area (Å²) in [5.41, 5.74) is 0. The molecule has 0 atom stereocenters. The first kappa shape index (κ1) is 26.6. The van der Waals surface area contributed by atoms with Crippen LogP contribution in [0.1, 0.15) is 0 Å². The molecule has 6 aromatic rings. The Bertz CT molecular complexity index is 1310. The van der Waals surface area contributed by atoms with Crippen molar-refractivity contribution in [3.63, 3.8) is 0 Å². The van der Waals surface area contributed by atoms with Gasteiger partial charge < -0.3 is 0 Å². The van der Waals surface area contributed by atoms with E-state index in [4.69, 9.17) is 11.8 Å². The summed E-state index contributed by atoms with van der Waals surface area (Å²) in [6.07, 6.45) is 0. The second-order valence-corrected chi connectivity index (χ2v) is 17.1. The summed E-state index contributed by atoms with van der Waals surface area (Å²) in [5, 5.41) is 7.30. The third-order valence-electron chi connectivity index (χ3n) is 7.27. The van der Waals surface area contributed by atoms with Crippen molar-refractivity contribution in [1.29, 1.82) is 0 Å². The molecule has 40 heavy (non-hydrogen) atoms. The largest absolute Gasteiger partial charge is 0.238 e. The van der Waals surface area contributed by atoms with Gasteiger partial charge in [0.25, 0.3) is 0 Å². The van der Waals surface area contributed by atoms with E-state index in [1.54, 1.807) is 0 Å². The molecular weight excluding hydrogens is 544 g/mol. The summed E-state index contributed by atoms with van der Waals surface area (Å²) in [7, 11) is -5.23. The first-order valence-corrected chi connectivity index (χ1v) is 17.2. The van der Waals surface area contributed by atoms with Crippen molar-refractivity contribution in [3.05, 3.63) is 182 Å². The molecule has 4 heteroatoms. The Kier molecular flexibility index (Phi) is 7.92. The molecule has 0 saturated carbocycles. The molecule has 0 heterocycles. The van der Waals surface area contributed by atoms with Crippen LogP contribution in [0.15, 0.2) is 182 Å². The third kappa shape index (κ3) is 4.50. The topological polar surface area (TPSA) is 3.24 Å². The molecule has 6 rings (SSSR count). The second-order valence-electron chi connectivity index (χ2n) is 9.52. The zero-order chi connectivity index (χ0) is 27.3. The van der Waals surface area contributed by atoms with E-state index in [1.807, 2.05) is 0 Å². The van der Waals surface area contributed by atoms with Crippen molar-refractivity contribution in [3.8, 4) is 0 Å². The molecule has 0 aliphatic heterocycles. The fourth-order valence-electron chi connectivity index (χ4n) is 5.53. The number of rotatable bonds is 8. The Morgan fingerprint density at radius 1 is 0.275 bits per heavy atom. The Morgan fingerprint density at radius 2 is 0.425 bits per heavy atom. The maximum Gasteiger partial charge on any atom is 0.238 e. The molecule has 0 unspecified atom stereocenters. The van der Waals surface area contributed by atoms with Crippen molar-refractivity contribution < 1.29 is 0 Å². The lowest BCUT2D eigenvalue weighted by Crippen LogP contribution is -2.46. The van der Waals surface area contributed by atoms with Gasteiger partial charge >= 0.3 is 0 Å². The molecule has 0 N–H and O–H groups in total. The Labute approximate surface area is 243 Å². The van der Waals surface area contributed by atoms with E-state index < -0.39 is 14.8 Å². The van der Waals surface area contributed by atoms with Gasteiger partial charge in [-0.3, -0.25) is 0 Å². The van der Waals surface area contributed by atoms with Crippen molar-refractivity contribution in [1.82, 2.24) is 3.96 Å². The van der Waals surface area contributed by atoms with Gasteiger partial charge in [0.15, 0.2) is 0 Å². The van der Waals surface area contributed by atoms with Crippen LogP contribution in [0.3, 0.4) is 0 Å². The Hall–Kier alpha value is -3.57. The predicted molar refractivity (Wildman–Crippen MR) is 178 cm³/mol. The van der Waals surface area contributed by atoms with E-state index in [0.717, 1.165) is 0 Å². The maximum absolute atomic E-state index is 8.27. The molecule has 194 valence electrons. The number of hydrogen-bond donors (Lipinski definition) is 0. The second kappa shape index (κ2) is 11.9. The summed E-state index contributed by atoms with van der Waals surface area (Å²) < 4.78 is 2.29. The van der Waals surface area contributed by atoms with Crippen LogP contribution >= 0.6 is 26.6 Å². The van der Waals surface area contributed by atoms with Gasteiger partial charge in [-0.2, -0.15) is 0 Å². The average Bonchev–Trinajstić information content (AvgIpc) is 3.05. The summed E-state index contributed by atoms with van der Waals surface area (Å²) in [6, 6.07) is 65.1. The maximum atomic E-state index is 8.27. The fourth-order valence-corrected chi connectivity index (χ4v) is 17.1. The molecule has 1 nitrogen and oxygen atoms in total. The van der Waals surface area contributed by atoms with Crippen molar-refractivity contribution in [2.24, 2.45) is 0 Å². The molecular formula is C36H30ClNP2+2. The highest BCUT2D eigenvalue weighted by Gasteiger charge is 2.67. The molecule has 0 amide bonds. The normalized spacial score (nSPS) is 11.8. The molecule has 0 aromatic heterocycles. The molecule has 0 saturated heterocycles. The van der Waals surface area contributed by atoms with Gasteiger partial charge in [0.2, 0.25) is 14.8 Å². The van der Waals surface area contributed by atoms with Gasteiger partial charge in [-0.1, -0.05) is 109 Å². The van der Waals surface area contributed by atoms with Gasteiger partial charge in [-0.25, -0.2) is 0 Å². The van der Waals surface area contributed by atoms with Crippen LogP contribution in [0.4, 0.5) is 0 Å². The Balaban J connectivity index is 1.81. The minimum absolute atomic E-state index is 1.22. The minimum atomic E-state index is -2.61. The van der Waals surface area contributed by atoms with Gasteiger partial charge in [-0.05, 0) is 72.8 Å². The first-order valence-electron chi connectivity index (χ1n) is 13.4. The van der Waals surface area contributed by atoms with Gasteiger partial charge in [-0.15, -0.1) is 0 Å². The fraction of sp³-hybridized carbons (Fsp3) is 0. The highest BCUT2D eigenvalue weighted by molar-refractivity contribution is 8.08. The van der Waals surface area contributed by atoms with Crippen molar-refractivity contribution in [2.75, 3.05) is 0 Å². The monoisotopic (exact) mass is 573 g/mol. The molecule has 0 bridgehead atoms. The lowest BCUT2D eigenvalue weighted by atomic mass is 10.4. The Morgan fingerprint density at radius 3 is 0.575 bits per heavy atom. The van der Waals surface area contributed by atoms with Crippen LogP contribution in [-0.4, -0.2) is 3.96 Å². The molecule has 6 aromatic carbocycles. The van der Waals surface area contributed by atoms with Crippen molar-refractivity contribution in [2.45, 2.75) is 0 Å². The van der Waals surface area contributed by atoms with E-state index >= 15 is 0 Å². The zero-order valence-electron chi connectivity index (χ0n) is 22.0. The smallest absolute Gasteiger partial charge is 0.0620 e. The van der Waals surface area contributed by atoms with Crippen LogP contribution in [-0.2, 0) is 0 Å². The average molecular weight is 574 g/mol. The van der Waals surface area contributed by atoms with E-state index in [2.05, 4.69) is 186 Å². The lowest BCUT2D eigenvalue weighted by Gasteiger charge is -2.38. The molecule has 0 fully saturated rings. The number of nitrogens with zero attached hydrogens (tertiary/aromatic N) is 1. The van der Waals surface area contributed by atoms with Crippen LogP contribution in [0.5, 0.6) is 0 Å². The van der Waals surface area contributed by atoms with Crippen LogP contribution < -0.4 is 31.8 Å². The first-order chi connectivity index (χ1) is 19.8. The van der Waals surface area contributed by atoms with Crippen LogP contribution in [0, 0.1) is 0 Å². The SMILES string of the molecule is ClN([P+](c1ccccc1)(c1ccccc1)c1ccccc1)[P+](c1ccccc1)(c1ccccc1)c1ccccc1. The van der Waals surface area contributed by atoms with Gasteiger partial charge in [0.1, 0.15) is 31.8 Å². The van der Waals surface area contributed by atoms with Gasteiger partial charge in [0, 0.05) is 0 Å². The van der Waals surface area contributed by atoms with E-state index in [0.29, 0.717) is 0 Å². The van der Waals surface area contributed by atoms with Crippen LogP contribution in [0.25, 0.3) is 0 Å². The lowest BCUT2D eigenvalue weighted by molar-refractivity contribution is 1.17. The third-order valence-corrected chi connectivity index (χ3v) is 17.5. The van der Waals surface area contributed by atoms with E-state index in [9.17, 15) is 0 Å². The van der Waals surface area contributed by atoms with Crippen LogP contribution in [0.2, 0.25) is 0 Å². The summed E-state index contributed by atoms with van der Waals surface area (Å²) in [4.78, 5) is 0. The minimum Gasteiger partial charge on any atom is -0.0620 e. The summed E-state index contributed by atoms with van der Waals surface area (Å²) >= 11 is 8.27. The molecule has 0 spiro atoms. The molecule has 0 aliphatic carbocycles. The number of benzene rings is 6. The highest BCUT2D eigenvalue weighted by Crippen LogP contribution is 2.76. The quantitative estimate of drug-likeness (QED) is 0.137. The highest BCUT2D eigenvalue weighted by atomic mass is 35.5. The summed E-state index contributed by atoms with van der Waals surface area (Å²) in [6.45, 7) is 0. The molecule has 0 radical (unpaired) electrons. The van der Waals surface area contributed by atoms with E-state index in [-0.39, 0.29) is 0 Å². The van der Waals surface area contributed by atoms with Gasteiger partial charge in [0.05, 0.1) is 15.7 Å². The number of halogens is 1. The summed E-state index contributed by atoms with van der Waals surface area (Å²) in [5.74, 6) is 0. The van der Waals surface area contributed by atoms with Crippen molar-refractivity contribution >= 4 is 58.4 Å². The zero-order valence-corrected chi connectivity index (χ0v) is 24.6. The number of hydrogen-bond acceptors (Lipinski definition) is 1.